The molecule has 1 N–H and O–H groups in total. The first-order chi connectivity index (χ1) is 12.8. The Hall–Kier alpha value is -2.00. The van der Waals surface area contributed by atoms with E-state index in [0.717, 1.165) is 25.0 Å². The minimum atomic E-state index is -3.74. The van der Waals surface area contributed by atoms with Gasteiger partial charge in [-0.3, -0.25) is 9.59 Å². The Kier molecular flexibility index (Phi) is 5.81. The largest absolute Gasteiger partial charge is 0.481 e. The van der Waals surface area contributed by atoms with Gasteiger partial charge in [0.05, 0.1) is 16.7 Å². The van der Waals surface area contributed by atoms with E-state index in [1.165, 1.54) is 16.4 Å². The number of hydrogen-bond acceptors (Lipinski definition) is 4. The van der Waals surface area contributed by atoms with Gasteiger partial charge in [0.25, 0.3) is 0 Å². The highest BCUT2D eigenvalue weighted by Crippen LogP contribution is 2.32. The number of hydrogen-bond donors (Lipinski definition) is 1. The number of carboxylic acids is 1. The van der Waals surface area contributed by atoms with Gasteiger partial charge in [-0.1, -0.05) is 12.8 Å². The molecule has 0 radical (unpaired) electrons. The number of rotatable bonds is 4. The van der Waals surface area contributed by atoms with E-state index in [1.807, 2.05) is 0 Å². The van der Waals surface area contributed by atoms with Crippen LogP contribution in [0.2, 0.25) is 0 Å². The first-order valence-corrected chi connectivity index (χ1v) is 10.5. The van der Waals surface area contributed by atoms with Crippen LogP contribution in [0.25, 0.3) is 0 Å². The van der Waals surface area contributed by atoms with Crippen LogP contribution < -0.4 is 0 Å². The molecule has 0 aromatic heterocycles. The number of nitrogens with zero attached hydrogens (tertiary/aromatic N) is 2. The summed E-state index contributed by atoms with van der Waals surface area (Å²) in [5, 5.41) is 9.37. The number of halogens is 1. The molecule has 27 heavy (non-hydrogen) atoms. The van der Waals surface area contributed by atoms with Crippen LogP contribution in [0.4, 0.5) is 4.39 Å². The Balaban J connectivity index is 1.65. The summed E-state index contributed by atoms with van der Waals surface area (Å²) >= 11 is 0. The third-order valence-electron chi connectivity index (χ3n) is 5.40. The highest BCUT2D eigenvalue weighted by molar-refractivity contribution is 7.89. The van der Waals surface area contributed by atoms with Crippen molar-refractivity contribution in [2.24, 2.45) is 11.8 Å². The van der Waals surface area contributed by atoms with Crippen LogP contribution in [0.5, 0.6) is 0 Å². The lowest BCUT2D eigenvalue weighted by Gasteiger charge is -2.38. The Morgan fingerprint density at radius 2 is 1.52 bits per heavy atom. The molecule has 1 aromatic carbocycles. The molecule has 1 aliphatic carbocycles. The fourth-order valence-corrected chi connectivity index (χ4v) is 5.28. The lowest BCUT2D eigenvalue weighted by atomic mass is 9.78. The van der Waals surface area contributed by atoms with E-state index in [9.17, 15) is 27.5 Å². The van der Waals surface area contributed by atoms with Crippen molar-refractivity contribution in [2.75, 3.05) is 26.2 Å². The summed E-state index contributed by atoms with van der Waals surface area (Å²) in [6.45, 7) is 0.718. The molecule has 2 atom stereocenters. The predicted octanol–water partition coefficient (Wildman–Crippen LogP) is 1.55. The van der Waals surface area contributed by atoms with E-state index in [4.69, 9.17) is 0 Å². The fraction of sp³-hybridized carbons (Fsp3) is 0.556. The van der Waals surface area contributed by atoms with Gasteiger partial charge in [0.1, 0.15) is 5.82 Å². The quantitative estimate of drug-likeness (QED) is 0.830. The van der Waals surface area contributed by atoms with Crippen molar-refractivity contribution in [1.82, 2.24) is 9.21 Å². The molecule has 0 unspecified atom stereocenters. The molecule has 0 spiro atoms. The average molecular weight is 398 g/mol. The van der Waals surface area contributed by atoms with Crippen molar-refractivity contribution >= 4 is 21.9 Å². The number of benzene rings is 1. The molecule has 0 bridgehead atoms. The standard InChI is InChI=1S/C18H23FN2O5S/c19-13-5-7-14(8-6-13)27(25,26)21-11-9-20(10-12-21)17(22)15-3-1-2-4-16(15)18(23)24/h5-8,15-16H,1-4,9-12H2,(H,23,24)/t15-,16-/m1/s1. The first kappa shape index (κ1) is 19.8. The number of carboxylic acid groups (broad SMARTS) is 1. The zero-order chi connectivity index (χ0) is 19.6. The van der Waals surface area contributed by atoms with Gasteiger partial charge in [-0.2, -0.15) is 4.31 Å². The van der Waals surface area contributed by atoms with Crippen molar-refractivity contribution in [1.29, 1.82) is 0 Å². The molecular weight excluding hydrogens is 375 g/mol. The highest BCUT2D eigenvalue weighted by Gasteiger charge is 2.39. The van der Waals surface area contributed by atoms with Gasteiger partial charge in [-0.15, -0.1) is 0 Å². The van der Waals surface area contributed by atoms with E-state index in [0.29, 0.717) is 12.8 Å². The predicted molar refractivity (Wildman–Crippen MR) is 94.8 cm³/mol. The Bertz CT molecular complexity index is 804. The molecule has 148 valence electrons. The smallest absolute Gasteiger partial charge is 0.307 e. The summed E-state index contributed by atoms with van der Waals surface area (Å²) in [5.41, 5.74) is 0. The summed E-state index contributed by atoms with van der Waals surface area (Å²) in [5.74, 6) is -2.83. The summed E-state index contributed by atoms with van der Waals surface area (Å²) in [6.07, 6.45) is 2.71. The molecule has 2 aliphatic rings. The SMILES string of the molecule is O=C(O)[C@@H]1CCCC[C@H]1C(=O)N1CCN(S(=O)(=O)c2ccc(F)cc2)CC1. The second-order valence-corrected chi connectivity index (χ2v) is 8.96. The van der Waals surface area contributed by atoms with E-state index >= 15 is 0 Å². The van der Waals surface area contributed by atoms with E-state index in [1.54, 1.807) is 4.90 Å². The Morgan fingerprint density at radius 1 is 0.963 bits per heavy atom. The molecule has 1 saturated heterocycles. The number of carbonyl (C=O) groups is 2. The highest BCUT2D eigenvalue weighted by atomic mass is 32.2. The monoisotopic (exact) mass is 398 g/mol. The zero-order valence-corrected chi connectivity index (χ0v) is 15.7. The van der Waals surface area contributed by atoms with Gasteiger partial charge in [0.2, 0.25) is 15.9 Å². The van der Waals surface area contributed by atoms with Gasteiger partial charge in [0.15, 0.2) is 0 Å². The van der Waals surface area contributed by atoms with Crippen molar-refractivity contribution < 1.29 is 27.5 Å². The molecule has 1 saturated carbocycles. The van der Waals surface area contributed by atoms with E-state index in [-0.39, 0.29) is 37.0 Å². The minimum Gasteiger partial charge on any atom is -0.481 e. The van der Waals surface area contributed by atoms with Crippen LogP contribution in [-0.4, -0.2) is 60.8 Å². The molecule has 1 aliphatic heterocycles. The zero-order valence-electron chi connectivity index (χ0n) is 14.9. The topological polar surface area (TPSA) is 95.0 Å². The van der Waals surface area contributed by atoms with Crippen LogP contribution in [0.1, 0.15) is 25.7 Å². The van der Waals surface area contributed by atoms with Crippen molar-refractivity contribution in [3.05, 3.63) is 30.1 Å². The summed E-state index contributed by atoms with van der Waals surface area (Å²) in [4.78, 5) is 25.8. The molecule has 2 fully saturated rings. The molecule has 7 nitrogen and oxygen atoms in total. The lowest BCUT2D eigenvalue weighted by molar-refractivity contribution is -0.152. The summed E-state index contributed by atoms with van der Waals surface area (Å²) in [7, 11) is -3.74. The molecular formula is C18H23FN2O5S. The minimum absolute atomic E-state index is 0.0156. The Labute approximate surface area is 157 Å². The average Bonchev–Trinajstić information content (AvgIpc) is 2.68. The second kappa shape index (κ2) is 7.93. The Morgan fingerprint density at radius 3 is 2.07 bits per heavy atom. The lowest BCUT2D eigenvalue weighted by Crippen LogP contribution is -2.53. The molecule has 9 heteroatoms. The molecule has 1 amide bonds. The van der Waals surface area contributed by atoms with E-state index < -0.39 is 33.6 Å². The summed E-state index contributed by atoms with van der Waals surface area (Å²) in [6, 6.07) is 4.65. The van der Waals surface area contributed by atoms with Gasteiger partial charge >= 0.3 is 5.97 Å². The van der Waals surface area contributed by atoms with Crippen LogP contribution in [-0.2, 0) is 19.6 Å². The normalized spacial score (nSPS) is 24.6. The third-order valence-corrected chi connectivity index (χ3v) is 7.31. The van der Waals surface area contributed by atoms with E-state index in [2.05, 4.69) is 0 Å². The maximum atomic E-state index is 13.0. The van der Waals surface area contributed by atoms with Crippen molar-refractivity contribution in [3.8, 4) is 0 Å². The second-order valence-electron chi connectivity index (χ2n) is 7.02. The van der Waals surface area contributed by atoms with Gasteiger partial charge in [0, 0.05) is 26.2 Å². The maximum Gasteiger partial charge on any atom is 0.307 e. The number of aliphatic carboxylic acids is 1. The molecule has 1 heterocycles. The summed E-state index contributed by atoms with van der Waals surface area (Å²) < 4.78 is 39.6. The van der Waals surface area contributed by atoms with Crippen molar-refractivity contribution in [3.63, 3.8) is 0 Å². The van der Waals surface area contributed by atoms with Crippen LogP contribution in [0.3, 0.4) is 0 Å². The number of sulfonamides is 1. The number of piperazine rings is 1. The van der Waals surface area contributed by atoms with Crippen LogP contribution in [0.15, 0.2) is 29.2 Å². The van der Waals surface area contributed by atoms with Gasteiger partial charge < -0.3 is 10.0 Å². The molecule has 3 rings (SSSR count). The first-order valence-electron chi connectivity index (χ1n) is 9.08. The van der Waals surface area contributed by atoms with Crippen LogP contribution >= 0.6 is 0 Å². The van der Waals surface area contributed by atoms with Gasteiger partial charge in [-0.05, 0) is 37.1 Å². The number of carbonyl (C=O) groups excluding carboxylic acids is 1. The third kappa shape index (κ3) is 4.14. The maximum absolute atomic E-state index is 13.0. The molecule has 1 aromatic rings. The van der Waals surface area contributed by atoms with Gasteiger partial charge in [-0.25, -0.2) is 12.8 Å². The van der Waals surface area contributed by atoms with Crippen molar-refractivity contribution in [2.45, 2.75) is 30.6 Å². The van der Waals surface area contributed by atoms with Crippen LogP contribution in [0, 0.1) is 17.7 Å². The fourth-order valence-electron chi connectivity index (χ4n) is 3.86. The number of amides is 1.